The van der Waals surface area contributed by atoms with Gasteiger partial charge in [0.15, 0.2) is 11.6 Å². The second-order valence-electron chi connectivity index (χ2n) is 3.57. The third-order valence-corrected chi connectivity index (χ3v) is 2.19. The zero-order valence-corrected chi connectivity index (χ0v) is 7.91. The van der Waals surface area contributed by atoms with Crippen LogP contribution < -0.4 is 0 Å². The zero-order chi connectivity index (χ0) is 10.9. The molecule has 0 radical (unpaired) electrons. The van der Waals surface area contributed by atoms with Crippen molar-refractivity contribution in [2.24, 2.45) is 0 Å². The van der Waals surface area contributed by atoms with E-state index in [-0.39, 0.29) is 5.56 Å². The van der Waals surface area contributed by atoms with Crippen molar-refractivity contribution in [3.05, 3.63) is 29.6 Å². The number of halogens is 1. The van der Waals surface area contributed by atoms with Gasteiger partial charge in [-0.2, -0.15) is 0 Å². The van der Waals surface area contributed by atoms with E-state index in [1.165, 1.54) is 26.0 Å². The average molecular weight is 198 g/mol. The molecule has 14 heavy (non-hydrogen) atoms. The Labute approximate surface area is 80.8 Å². The Bertz CT molecular complexity index is 372. The lowest BCUT2D eigenvalue weighted by atomic mass is 9.84. The molecule has 3 nitrogen and oxygen atoms in total. The summed E-state index contributed by atoms with van der Waals surface area (Å²) in [7, 11) is 0. The second kappa shape index (κ2) is 3.29. The highest BCUT2D eigenvalue weighted by Crippen LogP contribution is 2.32. The molecule has 0 aliphatic rings. The second-order valence-corrected chi connectivity index (χ2v) is 3.57. The van der Waals surface area contributed by atoms with E-state index in [1.807, 2.05) is 0 Å². The van der Waals surface area contributed by atoms with Gasteiger partial charge >= 0.3 is 5.97 Å². The molecule has 0 spiro atoms. The van der Waals surface area contributed by atoms with Gasteiger partial charge in [0.2, 0.25) is 0 Å². The third kappa shape index (κ3) is 1.55. The Morgan fingerprint density at radius 2 is 2.00 bits per heavy atom. The highest BCUT2D eigenvalue weighted by atomic mass is 19.1. The van der Waals surface area contributed by atoms with E-state index in [9.17, 15) is 14.3 Å². The van der Waals surface area contributed by atoms with E-state index in [2.05, 4.69) is 0 Å². The SMILES string of the molecule is CC(C)(C(=O)O)c1cccc(F)c1O. The molecule has 0 saturated heterocycles. The summed E-state index contributed by atoms with van der Waals surface area (Å²) in [6.07, 6.45) is 0. The summed E-state index contributed by atoms with van der Waals surface area (Å²) in [5, 5.41) is 18.2. The van der Waals surface area contributed by atoms with Crippen LogP contribution in [0.25, 0.3) is 0 Å². The molecular weight excluding hydrogens is 187 g/mol. The molecule has 0 bridgehead atoms. The first kappa shape index (κ1) is 10.5. The lowest BCUT2D eigenvalue weighted by Crippen LogP contribution is -2.28. The van der Waals surface area contributed by atoms with Crippen LogP contribution in [0.4, 0.5) is 4.39 Å². The van der Waals surface area contributed by atoms with Crippen molar-refractivity contribution in [1.29, 1.82) is 0 Å². The lowest BCUT2D eigenvalue weighted by Gasteiger charge is -2.20. The fraction of sp³-hybridized carbons (Fsp3) is 0.300. The standard InChI is InChI=1S/C10H11FO3/c1-10(2,9(13)14)6-4-3-5-7(11)8(6)12/h3-5,12H,1-2H3,(H,13,14). The van der Waals surface area contributed by atoms with Gasteiger partial charge in [0, 0.05) is 5.56 Å². The Kier molecular flexibility index (Phi) is 2.47. The van der Waals surface area contributed by atoms with Crippen LogP contribution in [0.2, 0.25) is 0 Å². The van der Waals surface area contributed by atoms with Crippen LogP contribution in [0.5, 0.6) is 5.75 Å². The number of aromatic hydroxyl groups is 1. The first-order chi connectivity index (χ1) is 6.37. The molecule has 0 aromatic heterocycles. The monoisotopic (exact) mass is 198 g/mol. The predicted molar refractivity (Wildman–Crippen MR) is 48.7 cm³/mol. The number of rotatable bonds is 2. The molecule has 76 valence electrons. The number of hydrogen-bond donors (Lipinski definition) is 2. The number of aliphatic carboxylic acids is 1. The number of hydrogen-bond acceptors (Lipinski definition) is 2. The van der Waals surface area contributed by atoms with Crippen molar-refractivity contribution < 1.29 is 19.4 Å². The Morgan fingerprint density at radius 3 is 2.50 bits per heavy atom. The Morgan fingerprint density at radius 1 is 1.43 bits per heavy atom. The zero-order valence-electron chi connectivity index (χ0n) is 7.91. The topological polar surface area (TPSA) is 57.5 Å². The quantitative estimate of drug-likeness (QED) is 0.762. The lowest BCUT2D eigenvalue weighted by molar-refractivity contribution is -0.142. The van der Waals surface area contributed by atoms with E-state index in [1.54, 1.807) is 0 Å². The Hall–Kier alpha value is -1.58. The van der Waals surface area contributed by atoms with Gasteiger partial charge in [0.1, 0.15) is 0 Å². The van der Waals surface area contributed by atoms with Gasteiger partial charge in [-0.1, -0.05) is 12.1 Å². The number of phenols is 1. The number of phenolic OH excluding ortho intramolecular Hbond substituents is 1. The molecule has 0 unspecified atom stereocenters. The molecule has 0 aliphatic heterocycles. The van der Waals surface area contributed by atoms with Gasteiger partial charge in [0.05, 0.1) is 5.41 Å². The molecule has 0 fully saturated rings. The first-order valence-electron chi connectivity index (χ1n) is 4.08. The molecule has 2 N–H and O–H groups in total. The van der Waals surface area contributed by atoms with Crippen LogP contribution in [-0.2, 0) is 10.2 Å². The molecule has 1 aromatic rings. The van der Waals surface area contributed by atoms with E-state index < -0.39 is 23.0 Å². The molecule has 0 amide bonds. The van der Waals surface area contributed by atoms with Crippen molar-refractivity contribution in [2.45, 2.75) is 19.3 Å². The maximum absolute atomic E-state index is 12.9. The van der Waals surface area contributed by atoms with Gasteiger partial charge < -0.3 is 10.2 Å². The summed E-state index contributed by atoms with van der Waals surface area (Å²) in [6, 6.07) is 3.85. The minimum Gasteiger partial charge on any atom is -0.505 e. The summed E-state index contributed by atoms with van der Waals surface area (Å²) in [4.78, 5) is 10.9. The molecule has 0 heterocycles. The van der Waals surface area contributed by atoms with Crippen molar-refractivity contribution >= 4 is 5.97 Å². The van der Waals surface area contributed by atoms with Gasteiger partial charge in [-0.15, -0.1) is 0 Å². The fourth-order valence-electron chi connectivity index (χ4n) is 1.13. The largest absolute Gasteiger partial charge is 0.505 e. The minimum absolute atomic E-state index is 0.0741. The number of carboxylic acid groups (broad SMARTS) is 1. The normalized spacial score (nSPS) is 11.4. The minimum atomic E-state index is -1.30. The highest BCUT2D eigenvalue weighted by Gasteiger charge is 2.32. The first-order valence-corrected chi connectivity index (χ1v) is 4.08. The van der Waals surface area contributed by atoms with E-state index in [4.69, 9.17) is 5.11 Å². The van der Waals surface area contributed by atoms with Crippen LogP contribution in [0.15, 0.2) is 18.2 Å². The van der Waals surface area contributed by atoms with Crippen LogP contribution in [-0.4, -0.2) is 16.2 Å². The van der Waals surface area contributed by atoms with Crippen molar-refractivity contribution in [3.63, 3.8) is 0 Å². The predicted octanol–water partition coefficient (Wildman–Crippen LogP) is 1.89. The van der Waals surface area contributed by atoms with Gasteiger partial charge in [-0.05, 0) is 19.9 Å². The summed E-state index contributed by atoms with van der Waals surface area (Å²) >= 11 is 0. The van der Waals surface area contributed by atoms with Crippen LogP contribution in [0, 0.1) is 5.82 Å². The maximum atomic E-state index is 12.9. The van der Waals surface area contributed by atoms with Crippen molar-refractivity contribution in [3.8, 4) is 5.75 Å². The smallest absolute Gasteiger partial charge is 0.313 e. The highest BCUT2D eigenvalue weighted by molar-refractivity contribution is 5.81. The fourth-order valence-corrected chi connectivity index (χ4v) is 1.13. The van der Waals surface area contributed by atoms with Gasteiger partial charge in [-0.3, -0.25) is 4.79 Å². The molecule has 0 atom stereocenters. The van der Waals surface area contributed by atoms with Gasteiger partial charge in [0.25, 0.3) is 0 Å². The average Bonchev–Trinajstić information content (AvgIpc) is 2.09. The van der Waals surface area contributed by atoms with E-state index in [0.717, 1.165) is 6.07 Å². The molecule has 0 aliphatic carbocycles. The number of para-hydroxylation sites is 1. The van der Waals surface area contributed by atoms with Crippen molar-refractivity contribution in [2.75, 3.05) is 0 Å². The molecule has 4 heteroatoms. The molecule has 1 rings (SSSR count). The third-order valence-electron chi connectivity index (χ3n) is 2.19. The summed E-state index contributed by atoms with van der Waals surface area (Å²) < 4.78 is 12.9. The van der Waals surface area contributed by atoms with Gasteiger partial charge in [-0.25, -0.2) is 4.39 Å². The number of carboxylic acids is 1. The van der Waals surface area contributed by atoms with E-state index in [0.29, 0.717) is 0 Å². The van der Waals surface area contributed by atoms with Crippen molar-refractivity contribution in [1.82, 2.24) is 0 Å². The van der Waals surface area contributed by atoms with Crippen LogP contribution in [0.3, 0.4) is 0 Å². The summed E-state index contributed by atoms with van der Waals surface area (Å²) in [6.45, 7) is 2.81. The number of carbonyl (C=O) groups is 1. The van der Waals surface area contributed by atoms with Crippen LogP contribution in [0.1, 0.15) is 19.4 Å². The van der Waals surface area contributed by atoms with Crippen LogP contribution >= 0.6 is 0 Å². The molecular formula is C10H11FO3. The van der Waals surface area contributed by atoms with E-state index >= 15 is 0 Å². The number of benzene rings is 1. The Balaban J connectivity index is 3.33. The molecule has 0 saturated carbocycles. The summed E-state index contributed by atoms with van der Waals surface area (Å²) in [5.74, 6) is -2.52. The molecule has 1 aromatic carbocycles. The summed E-state index contributed by atoms with van der Waals surface area (Å²) in [5.41, 5.74) is -1.23. The maximum Gasteiger partial charge on any atom is 0.313 e.